The van der Waals surface area contributed by atoms with Crippen LogP contribution in [0.4, 0.5) is 0 Å². The van der Waals surface area contributed by atoms with Gasteiger partial charge in [-0.25, -0.2) is 0 Å². The van der Waals surface area contributed by atoms with E-state index in [9.17, 15) is 5.11 Å². The highest BCUT2D eigenvalue weighted by Crippen LogP contribution is 2.43. The molecule has 0 amide bonds. The summed E-state index contributed by atoms with van der Waals surface area (Å²) in [6.45, 7) is 6.00. The topological polar surface area (TPSA) is 38.7 Å². The first-order valence-electron chi connectivity index (χ1n) is 5.41. The van der Waals surface area contributed by atoms with Gasteiger partial charge < -0.3 is 14.6 Å². The van der Waals surface area contributed by atoms with Crippen molar-refractivity contribution in [2.75, 3.05) is 20.8 Å². The van der Waals surface area contributed by atoms with Gasteiger partial charge in [0, 0.05) is 15.5 Å². The summed E-state index contributed by atoms with van der Waals surface area (Å²) in [6, 6.07) is 1.88. The van der Waals surface area contributed by atoms with E-state index in [1.165, 1.54) is 0 Å². The third-order valence-corrected chi connectivity index (χ3v) is 3.76. The van der Waals surface area contributed by atoms with Crippen molar-refractivity contribution in [1.29, 1.82) is 0 Å². The Bertz CT molecular complexity index is 414. The molecule has 0 radical (unpaired) electrons. The number of hydrogen-bond acceptors (Lipinski definition) is 3. The Kier molecular flexibility index (Phi) is 4.44. The third kappa shape index (κ3) is 2.58. The van der Waals surface area contributed by atoms with E-state index >= 15 is 0 Å². The molecule has 0 bridgehead atoms. The van der Waals surface area contributed by atoms with E-state index in [1.54, 1.807) is 14.2 Å². The molecule has 0 aliphatic heterocycles. The maximum atomic E-state index is 9.53. The summed E-state index contributed by atoms with van der Waals surface area (Å²) in [7, 11) is 3.22. The summed E-state index contributed by atoms with van der Waals surface area (Å²) >= 11 is 3.51. The Morgan fingerprint density at radius 2 is 1.88 bits per heavy atom. The number of rotatable bonds is 4. The Hall–Kier alpha value is -0.740. The normalized spacial score (nSPS) is 11.5. The van der Waals surface area contributed by atoms with Gasteiger partial charge in [0.2, 0.25) is 0 Å². The van der Waals surface area contributed by atoms with Crippen LogP contribution in [0.1, 0.15) is 25.0 Å². The standard InChI is InChI=1S/C13H19BrO3/c1-8-9(14)6-10(16-4)12(17-5)11(8)13(2,3)7-15/h6,15H,7H2,1-5H3. The van der Waals surface area contributed by atoms with E-state index in [0.717, 1.165) is 15.6 Å². The van der Waals surface area contributed by atoms with Crippen molar-refractivity contribution in [3.8, 4) is 11.5 Å². The summed E-state index contributed by atoms with van der Waals surface area (Å²) in [5.74, 6) is 1.36. The zero-order valence-electron chi connectivity index (χ0n) is 10.9. The molecule has 1 aromatic carbocycles. The molecular weight excluding hydrogens is 284 g/mol. The van der Waals surface area contributed by atoms with E-state index in [4.69, 9.17) is 9.47 Å². The summed E-state index contributed by atoms with van der Waals surface area (Å²) in [4.78, 5) is 0. The van der Waals surface area contributed by atoms with Crippen LogP contribution >= 0.6 is 15.9 Å². The second kappa shape index (κ2) is 5.27. The molecule has 0 heterocycles. The van der Waals surface area contributed by atoms with E-state index in [0.29, 0.717) is 11.5 Å². The Balaban J connectivity index is 3.60. The zero-order chi connectivity index (χ0) is 13.2. The van der Waals surface area contributed by atoms with Crippen LogP contribution in [0.25, 0.3) is 0 Å². The molecule has 4 heteroatoms. The van der Waals surface area contributed by atoms with E-state index in [2.05, 4.69) is 15.9 Å². The van der Waals surface area contributed by atoms with Gasteiger partial charge in [-0.15, -0.1) is 0 Å². The molecule has 3 nitrogen and oxygen atoms in total. The lowest BCUT2D eigenvalue weighted by Gasteiger charge is -2.28. The number of benzene rings is 1. The maximum Gasteiger partial charge on any atom is 0.164 e. The number of aliphatic hydroxyl groups is 1. The monoisotopic (exact) mass is 302 g/mol. The lowest BCUT2D eigenvalue weighted by Crippen LogP contribution is -2.24. The summed E-state index contributed by atoms with van der Waals surface area (Å²) < 4.78 is 11.7. The number of methoxy groups -OCH3 is 2. The van der Waals surface area contributed by atoms with Crippen molar-refractivity contribution in [2.45, 2.75) is 26.2 Å². The quantitative estimate of drug-likeness (QED) is 0.929. The average Bonchev–Trinajstić information content (AvgIpc) is 2.31. The minimum absolute atomic E-state index is 0.0454. The van der Waals surface area contributed by atoms with Gasteiger partial charge in [-0.2, -0.15) is 0 Å². The van der Waals surface area contributed by atoms with Crippen LogP contribution in [-0.2, 0) is 5.41 Å². The second-order valence-corrected chi connectivity index (χ2v) is 5.49. The number of hydrogen-bond donors (Lipinski definition) is 1. The Morgan fingerprint density at radius 1 is 1.29 bits per heavy atom. The minimum atomic E-state index is -0.382. The average molecular weight is 303 g/mol. The van der Waals surface area contributed by atoms with Crippen molar-refractivity contribution in [3.05, 3.63) is 21.7 Å². The molecule has 0 aliphatic rings. The number of halogens is 1. The molecule has 96 valence electrons. The molecular formula is C13H19BrO3. The van der Waals surface area contributed by atoms with Gasteiger partial charge in [-0.1, -0.05) is 29.8 Å². The van der Waals surface area contributed by atoms with Crippen molar-refractivity contribution in [2.24, 2.45) is 0 Å². The van der Waals surface area contributed by atoms with Crippen LogP contribution in [0.3, 0.4) is 0 Å². The van der Waals surface area contributed by atoms with Gasteiger partial charge in [0.05, 0.1) is 20.8 Å². The van der Waals surface area contributed by atoms with Crippen molar-refractivity contribution < 1.29 is 14.6 Å². The smallest absolute Gasteiger partial charge is 0.164 e. The molecule has 0 fully saturated rings. The molecule has 1 aromatic rings. The van der Waals surface area contributed by atoms with E-state index < -0.39 is 0 Å². The number of ether oxygens (including phenoxy) is 2. The first kappa shape index (κ1) is 14.3. The Morgan fingerprint density at radius 3 is 2.29 bits per heavy atom. The van der Waals surface area contributed by atoms with Crippen molar-refractivity contribution >= 4 is 15.9 Å². The SMILES string of the molecule is COc1cc(Br)c(C)c(C(C)(C)CO)c1OC. The molecule has 1 N–H and O–H groups in total. The minimum Gasteiger partial charge on any atom is -0.493 e. The molecule has 0 unspecified atom stereocenters. The molecule has 17 heavy (non-hydrogen) atoms. The summed E-state index contributed by atoms with van der Waals surface area (Å²) in [6.07, 6.45) is 0. The van der Waals surface area contributed by atoms with Crippen LogP contribution in [0, 0.1) is 6.92 Å². The maximum absolute atomic E-state index is 9.53. The largest absolute Gasteiger partial charge is 0.493 e. The lowest BCUT2D eigenvalue weighted by molar-refractivity contribution is 0.213. The lowest BCUT2D eigenvalue weighted by atomic mass is 9.82. The van der Waals surface area contributed by atoms with Crippen molar-refractivity contribution in [3.63, 3.8) is 0 Å². The molecule has 0 spiro atoms. The first-order chi connectivity index (χ1) is 7.88. The fourth-order valence-corrected chi connectivity index (χ4v) is 2.36. The van der Waals surface area contributed by atoms with Crippen LogP contribution in [-0.4, -0.2) is 25.9 Å². The molecule has 0 saturated heterocycles. The van der Waals surface area contributed by atoms with Crippen LogP contribution in [0.15, 0.2) is 10.5 Å². The number of aliphatic hydroxyl groups excluding tert-OH is 1. The third-order valence-electron chi connectivity index (χ3n) is 2.94. The van der Waals surface area contributed by atoms with Crippen LogP contribution in [0.5, 0.6) is 11.5 Å². The van der Waals surface area contributed by atoms with Crippen LogP contribution < -0.4 is 9.47 Å². The van der Waals surface area contributed by atoms with Gasteiger partial charge >= 0.3 is 0 Å². The molecule has 0 aliphatic carbocycles. The fourth-order valence-electron chi connectivity index (χ4n) is 1.95. The highest BCUT2D eigenvalue weighted by molar-refractivity contribution is 9.10. The predicted molar refractivity (Wildman–Crippen MR) is 72.1 cm³/mol. The molecule has 1 rings (SSSR count). The predicted octanol–water partition coefficient (Wildman–Crippen LogP) is 3.04. The van der Waals surface area contributed by atoms with Gasteiger partial charge in [0.25, 0.3) is 0 Å². The van der Waals surface area contributed by atoms with Crippen molar-refractivity contribution in [1.82, 2.24) is 0 Å². The highest BCUT2D eigenvalue weighted by Gasteiger charge is 2.29. The van der Waals surface area contributed by atoms with Crippen LogP contribution in [0.2, 0.25) is 0 Å². The molecule has 0 atom stereocenters. The van der Waals surface area contributed by atoms with Gasteiger partial charge in [-0.3, -0.25) is 0 Å². The second-order valence-electron chi connectivity index (χ2n) is 4.64. The fraction of sp³-hybridized carbons (Fsp3) is 0.538. The zero-order valence-corrected chi connectivity index (χ0v) is 12.5. The van der Waals surface area contributed by atoms with Gasteiger partial charge in [-0.05, 0) is 18.6 Å². The summed E-state index contributed by atoms with van der Waals surface area (Å²) in [5.41, 5.74) is 1.64. The van der Waals surface area contributed by atoms with E-state index in [-0.39, 0.29) is 12.0 Å². The molecule has 0 saturated carbocycles. The highest BCUT2D eigenvalue weighted by atomic mass is 79.9. The Labute approximate surface area is 111 Å². The van der Waals surface area contributed by atoms with Gasteiger partial charge in [0.15, 0.2) is 11.5 Å². The first-order valence-corrected chi connectivity index (χ1v) is 6.20. The summed E-state index contributed by atoms with van der Waals surface area (Å²) in [5, 5.41) is 9.53. The molecule has 0 aromatic heterocycles. The van der Waals surface area contributed by atoms with E-state index in [1.807, 2.05) is 26.8 Å². The van der Waals surface area contributed by atoms with Gasteiger partial charge in [0.1, 0.15) is 0 Å².